The summed E-state index contributed by atoms with van der Waals surface area (Å²) in [4.78, 5) is 11.5. The molecule has 0 atom stereocenters. The average Bonchev–Trinajstić information content (AvgIpc) is 2.80. The van der Waals surface area contributed by atoms with Crippen LogP contribution in [0.5, 0.6) is 0 Å². The molecule has 0 bridgehead atoms. The summed E-state index contributed by atoms with van der Waals surface area (Å²) in [6.45, 7) is 4.56. The minimum absolute atomic E-state index is 0.127. The van der Waals surface area contributed by atoms with Crippen LogP contribution in [0.15, 0.2) is 0 Å². The molecule has 0 unspecified atom stereocenters. The Morgan fingerprint density at radius 2 is 2.17 bits per heavy atom. The Morgan fingerprint density at radius 1 is 1.58 bits per heavy atom. The third-order valence-electron chi connectivity index (χ3n) is 2.38. The summed E-state index contributed by atoms with van der Waals surface area (Å²) in [6.07, 6.45) is 2.02. The van der Waals surface area contributed by atoms with Crippen LogP contribution in [0.2, 0.25) is 0 Å². The molecule has 1 rings (SSSR count). The molecule has 0 heterocycles. The van der Waals surface area contributed by atoms with Gasteiger partial charge in [0.1, 0.15) is 6.61 Å². The molecule has 0 aliphatic heterocycles. The minimum atomic E-state index is -0.200. The van der Waals surface area contributed by atoms with Gasteiger partial charge in [0, 0.05) is 12.0 Å². The van der Waals surface area contributed by atoms with Gasteiger partial charge in [0.15, 0.2) is 5.78 Å². The van der Waals surface area contributed by atoms with Gasteiger partial charge in [-0.15, -0.1) is 0 Å². The van der Waals surface area contributed by atoms with Crippen LogP contribution in [0.3, 0.4) is 0 Å². The van der Waals surface area contributed by atoms with Crippen LogP contribution in [-0.2, 0) is 9.53 Å². The Morgan fingerprint density at radius 3 is 2.50 bits per heavy atom. The summed E-state index contributed by atoms with van der Waals surface area (Å²) in [7, 11) is 0. The molecule has 0 amide bonds. The van der Waals surface area contributed by atoms with E-state index in [1.807, 2.05) is 13.8 Å². The van der Waals surface area contributed by atoms with Gasteiger partial charge in [-0.05, 0) is 26.7 Å². The smallest absolute Gasteiger partial charge is 0.165 e. The molecule has 1 aliphatic rings. The van der Waals surface area contributed by atoms with Gasteiger partial charge in [0.05, 0.1) is 6.10 Å². The van der Waals surface area contributed by atoms with Crippen molar-refractivity contribution in [2.75, 3.05) is 13.2 Å². The van der Waals surface area contributed by atoms with E-state index in [1.165, 1.54) is 0 Å². The first-order chi connectivity index (χ1) is 5.60. The van der Waals surface area contributed by atoms with Gasteiger partial charge in [-0.1, -0.05) is 0 Å². The summed E-state index contributed by atoms with van der Waals surface area (Å²) in [5.41, 5.74) is 5.30. The lowest BCUT2D eigenvalue weighted by Gasteiger charge is -2.12. The highest BCUT2D eigenvalue weighted by atomic mass is 16.5. The van der Waals surface area contributed by atoms with E-state index in [-0.39, 0.29) is 23.9 Å². The predicted molar refractivity (Wildman–Crippen MR) is 46.8 cm³/mol. The lowest BCUT2D eigenvalue weighted by molar-refractivity contribution is -0.129. The molecule has 0 aromatic carbocycles. The van der Waals surface area contributed by atoms with Crippen molar-refractivity contribution < 1.29 is 9.53 Å². The van der Waals surface area contributed by atoms with Crippen molar-refractivity contribution in [3.63, 3.8) is 0 Å². The predicted octanol–water partition coefficient (Wildman–Crippen LogP) is 0.719. The zero-order chi connectivity index (χ0) is 9.19. The Bertz CT molecular complexity index is 173. The fraction of sp³-hybridized carbons (Fsp3) is 0.889. The average molecular weight is 171 g/mol. The molecule has 0 aromatic rings. The fourth-order valence-electron chi connectivity index (χ4n) is 1.14. The number of ketones is 1. The van der Waals surface area contributed by atoms with Crippen LogP contribution >= 0.6 is 0 Å². The molecule has 70 valence electrons. The Kier molecular flexibility index (Phi) is 2.85. The molecule has 3 heteroatoms. The maximum Gasteiger partial charge on any atom is 0.165 e. The topological polar surface area (TPSA) is 52.3 Å². The second kappa shape index (κ2) is 3.54. The van der Waals surface area contributed by atoms with Crippen molar-refractivity contribution in [2.45, 2.75) is 32.8 Å². The molecule has 0 saturated heterocycles. The zero-order valence-corrected chi connectivity index (χ0v) is 7.80. The quantitative estimate of drug-likeness (QED) is 0.663. The second-order valence-corrected chi connectivity index (χ2v) is 3.77. The number of carbonyl (C=O) groups excluding carboxylic acids is 1. The molecule has 1 aliphatic carbocycles. The summed E-state index contributed by atoms with van der Waals surface area (Å²) in [5, 5.41) is 0. The number of carbonyl (C=O) groups is 1. The van der Waals surface area contributed by atoms with Gasteiger partial charge in [-0.3, -0.25) is 4.79 Å². The molecular weight excluding hydrogens is 154 g/mol. The Balaban J connectivity index is 2.29. The molecule has 0 radical (unpaired) electrons. The van der Waals surface area contributed by atoms with E-state index in [4.69, 9.17) is 10.5 Å². The highest BCUT2D eigenvalue weighted by Gasteiger charge is 2.47. The van der Waals surface area contributed by atoms with Gasteiger partial charge in [-0.2, -0.15) is 0 Å². The number of ether oxygens (including phenoxy) is 1. The van der Waals surface area contributed by atoms with Gasteiger partial charge in [0.25, 0.3) is 0 Å². The lowest BCUT2D eigenvalue weighted by Crippen LogP contribution is -2.29. The highest BCUT2D eigenvalue weighted by Crippen LogP contribution is 2.45. The van der Waals surface area contributed by atoms with Crippen molar-refractivity contribution in [1.29, 1.82) is 0 Å². The van der Waals surface area contributed by atoms with E-state index in [1.54, 1.807) is 0 Å². The van der Waals surface area contributed by atoms with Crippen molar-refractivity contribution >= 4 is 5.78 Å². The lowest BCUT2D eigenvalue weighted by atomic mass is 10.0. The molecule has 0 spiro atoms. The van der Waals surface area contributed by atoms with Crippen LogP contribution in [0, 0.1) is 5.41 Å². The van der Waals surface area contributed by atoms with E-state index >= 15 is 0 Å². The maximum atomic E-state index is 11.5. The Labute approximate surface area is 73.3 Å². The van der Waals surface area contributed by atoms with E-state index < -0.39 is 0 Å². The Hall–Kier alpha value is -0.410. The largest absolute Gasteiger partial charge is 0.371 e. The first-order valence-corrected chi connectivity index (χ1v) is 4.46. The number of hydrogen-bond acceptors (Lipinski definition) is 3. The normalized spacial score (nSPS) is 19.7. The molecule has 1 fully saturated rings. The van der Waals surface area contributed by atoms with E-state index in [0.29, 0.717) is 6.54 Å². The summed E-state index contributed by atoms with van der Waals surface area (Å²) in [6, 6.07) is 0. The number of rotatable bonds is 5. The molecule has 3 nitrogen and oxygen atoms in total. The van der Waals surface area contributed by atoms with E-state index in [0.717, 1.165) is 12.8 Å². The SMILES string of the molecule is CC(C)OCC(=O)C1(CN)CC1. The van der Waals surface area contributed by atoms with Gasteiger partial charge >= 0.3 is 0 Å². The summed E-state index contributed by atoms with van der Waals surface area (Å²) in [5.74, 6) is 0.179. The number of nitrogens with two attached hydrogens (primary N) is 1. The molecular formula is C9H17NO2. The van der Waals surface area contributed by atoms with E-state index in [9.17, 15) is 4.79 Å². The molecule has 2 N–H and O–H groups in total. The molecule has 12 heavy (non-hydrogen) atoms. The van der Waals surface area contributed by atoms with Crippen LogP contribution < -0.4 is 5.73 Å². The van der Waals surface area contributed by atoms with Gasteiger partial charge in [0.2, 0.25) is 0 Å². The zero-order valence-electron chi connectivity index (χ0n) is 7.80. The van der Waals surface area contributed by atoms with Gasteiger partial charge < -0.3 is 10.5 Å². The van der Waals surface area contributed by atoms with Crippen LogP contribution in [0.1, 0.15) is 26.7 Å². The third-order valence-corrected chi connectivity index (χ3v) is 2.38. The fourth-order valence-corrected chi connectivity index (χ4v) is 1.14. The standard InChI is InChI=1S/C9H17NO2/c1-7(2)12-5-8(11)9(6-10)3-4-9/h7H,3-6,10H2,1-2H3. The highest BCUT2D eigenvalue weighted by molar-refractivity contribution is 5.88. The summed E-state index contributed by atoms with van der Waals surface area (Å²) < 4.78 is 5.23. The van der Waals surface area contributed by atoms with Crippen LogP contribution in [0.4, 0.5) is 0 Å². The van der Waals surface area contributed by atoms with Crippen molar-refractivity contribution in [1.82, 2.24) is 0 Å². The van der Waals surface area contributed by atoms with Crippen molar-refractivity contribution in [3.05, 3.63) is 0 Å². The molecule has 0 aromatic heterocycles. The van der Waals surface area contributed by atoms with Crippen LogP contribution in [0.25, 0.3) is 0 Å². The first-order valence-electron chi connectivity index (χ1n) is 4.46. The van der Waals surface area contributed by atoms with Crippen molar-refractivity contribution in [2.24, 2.45) is 11.1 Å². The summed E-state index contributed by atoms with van der Waals surface area (Å²) >= 11 is 0. The molecule has 1 saturated carbocycles. The second-order valence-electron chi connectivity index (χ2n) is 3.77. The minimum Gasteiger partial charge on any atom is -0.371 e. The maximum absolute atomic E-state index is 11.5. The van der Waals surface area contributed by atoms with Crippen LogP contribution in [-0.4, -0.2) is 25.0 Å². The number of hydrogen-bond donors (Lipinski definition) is 1. The number of Topliss-reactive ketones (excluding diaryl/α,β-unsaturated/α-hetero) is 1. The third kappa shape index (κ3) is 2.05. The first kappa shape index (κ1) is 9.68. The monoisotopic (exact) mass is 171 g/mol. The van der Waals surface area contributed by atoms with E-state index in [2.05, 4.69) is 0 Å². The van der Waals surface area contributed by atoms with Gasteiger partial charge in [-0.25, -0.2) is 0 Å². The van der Waals surface area contributed by atoms with Crippen molar-refractivity contribution in [3.8, 4) is 0 Å².